The maximum Gasteiger partial charge on any atom is 0.303 e. The van der Waals surface area contributed by atoms with E-state index in [0.29, 0.717) is 13.0 Å². The molecule has 1 amide bonds. The first-order valence-electron chi connectivity index (χ1n) is 6.74. The molecule has 0 rings (SSSR count). The summed E-state index contributed by atoms with van der Waals surface area (Å²) >= 11 is 2.55. The molecule has 0 aliphatic rings. The van der Waals surface area contributed by atoms with Gasteiger partial charge in [-0.05, 0) is 25.9 Å². The lowest BCUT2D eigenvalue weighted by Crippen LogP contribution is -2.41. The Morgan fingerprint density at radius 1 is 1.23 bits per heavy atom. The van der Waals surface area contributed by atoms with E-state index in [1.165, 1.54) is 6.92 Å². The van der Waals surface area contributed by atoms with Gasteiger partial charge in [0.05, 0.1) is 0 Å². The van der Waals surface area contributed by atoms with Crippen molar-refractivity contribution in [1.29, 1.82) is 0 Å². The lowest BCUT2D eigenvalue weighted by atomic mass is 9.97. The van der Waals surface area contributed by atoms with Crippen LogP contribution < -0.4 is 10.6 Å². The second-order valence-corrected chi connectivity index (χ2v) is 7.05. The summed E-state index contributed by atoms with van der Waals surface area (Å²) in [7, 11) is 1.75. The molecule has 0 aromatic carbocycles. The molecule has 0 bridgehead atoms. The number of carboxylic acid groups (broad SMARTS) is 1. The average molecular weight is 444 g/mol. The van der Waals surface area contributed by atoms with Crippen LogP contribution >= 0.6 is 34.4 Å². The predicted octanol–water partition coefficient (Wildman–Crippen LogP) is 0.803. The van der Waals surface area contributed by atoms with Crippen LogP contribution in [0.25, 0.3) is 0 Å². The molecule has 126 valence electrons. The molecule has 0 spiro atoms. The highest BCUT2D eigenvalue weighted by Crippen LogP contribution is 2.14. The van der Waals surface area contributed by atoms with Gasteiger partial charge in [0.25, 0.3) is 0 Å². The number of halogens is 1. The molecule has 0 aliphatic heterocycles. The maximum absolute atomic E-state index is 12.0. The van der Waals surface area contributed by atoms with Gasteiger partial charge in [-0.25, -0.2) is 0 Å². The number of aliphatic carboxylic acids is 1. The zero-order valence-corrected chi connectivity index (χ0v) is 15.5. The van der Waals surface area contributed by atoms with Gasteiger partial charge in [0, 0.05) is 48.1 Å². The van der Waals surface area contributed by atoms with Crippen LogP contribution in [0.2, 0.25) is 0 Å². The summed E-state index contributed by atoms with van der Waals surface area (Å²) in [5.74, 6) is -1.44. The molecule has 3 N–H and O–H groups in total. The van der Waals surface area contributed by atoms with Gasteiger partial charge >= 0.3 is 5.97 Å². The van der Waals surface area contributed by atoms with Gasteiger partial charge in [-0.2, -0.15) is 0 Å². The van der Waals surface area contributed by atoms with Crippen molar-refractivity contribution >= 4 is 55.1 Å². The Balaban J connectivity index is 4.52. The van der Waals surface area contributed by atoms with Gasteiger partial charge in [0.1, 0.15) is 6.04 Å². The molecule has 0 radical (unpaired) electrons. The van der Waals surface area contributed by atoms with E-state index >= 15 is 0 Å². The molecule has 0 aromatic heterocycles. The van der Waals surface area contributed by atoms with Gasteiger partial charge in [-0.1, -0.05) is 11.8 Å². The van der Waals surface area contributed by atoms with Crippen LogP contribution in [0.5, 0.6) is 0 Å². The van der Waals surface area contributed by atoms with Crippen LogP contribution in [0, 0.1) is 5.92 Å². The van der Waals surface area contributed by atoms with Crippen LogP contribution in [-0.2, 0) is 19.2 Å². The van der Waals surface area contributed by atoms with Crippen molar-refractivity contribution in [2.24, 2.45) is 5.92 Å². The van der Waals surface area contributed by atoms with Gasteiger partial charge in [0.2, 0.25) is 9.70 Å². The van der Waals surface area contributed by atoms with E-state index in [0.717, 1.165) is 11.8 Å². The minimum atomic E-state index is -0.956. The normalized spacial score (nSPS) is 13.2. The van der Waals surface area contributed by atoms with Crippen LogP contribution in [0.4, 0.5) is 0 Å². The highest BCUT2D eigenvalue weighted by atomic mass is 127. The fraction of sp³-hybridized carbons (Fsp3) is 0.692. The van der Waals surface area contributed by atoms with E-state index in [1.807, 2.05) is 0 Å². The van der Waals surface area contributed by atoms with Crippen LogP contribution in [0.1, 0.15) is 26.2 Å². The first-order chi connectivity index (χ1) is 10.3. The number of nitrogens with one attached hydrogen (secondary N) is 2. The summed E-state index contributed by atoms with van der Waals surface area (Å²) in [6.07, 6.45) is 0.501. The average Bonchev–Trinajstić information content (AvgIpc) is 2.39. The van der Waals surface area contributed by atoms with Crippen molar-refractivity contribution in [3.63, 3.8) is 0 Å². The fourth-order valence-electron chi connectivity index (χ4n) is 1.75. The number of carbonyl (C=O) groups excluding carboxylic acids is 3. The zero-order valence-electron chi connectivity index (χ0n) is 12.6. The van der Waals surface area contributed by atoms with E-state index < -0.39 is 12.0 Å². The van der Waals surface area contributed by atoms with Crippen LogP contribution in [-0.4, -0.2) is 51.3 Å². The summed E-state index contributed by atoms with van der Waals surface area (Å²) in [6.45, 7) is 2.00. The van der Waals surface area contributed by atoms with E-state index in [2.05, 4.69) is 10.6 Å². The Morgan fingerprint density at radius 2 is 1.86 bits per heavy atom. The molecule has 0 aliphatic carbocycles. The highest BCUT2D eigenvalue weighted by molar-refractivity contribution is 14.1. The summed E-state index contributed by atoms with van der Waals surface area (Å²) in [4.78, 5) is 45.2. The number of hydrogen-bond acceptors (Lipinski definition) is 6. The molecule has 0 saturated heterocycles. The second kappa shape index (κ2) is 11.8. The summed E-state index contributed by atoms with van der Waals surface area (Å²) in [6, 6.07) is -0.739. The molecule has 1 unspecified atom stereocenters. The first-order valence-corrected chi connectivity index (χ1v) is 8.81. The second-order valence-electron chi connectivity index (χ2n) is 4.79. The molecule has 9 heteroatoms. The van der Waals surface area contributed by atoms with Crippen molar-refractivity contribution in [2.75, 3.05) is 19.3 Å². The molecule has 22 heavy (non-hydrogen) atoms. The van der Waals surface area contributed by atoms with Crippen LogP contribution in [0.15, 0.2) is 0 Å². The van der Waals surface area contributed by atoms with Gasteiger partial charge in [-0.15, -0.1) is 0 Å². The molecule has 2 atom stereocenters. The molecular weight excluding hydrogens is 423 g/mol. The highest BCUT2D eigenvalue weighted by Gasteiger charge is 2.22. The molecule has 0 fully saturated rings. The number of thioether (sulfide) groups is 1. The lowest BCUT2D eigenvalue weighted by Gasteiger charge is -2.18. The van der Waals surface area contributed by atoms with Crippen molar-refractivity contribution in [3.05, 3.63) is 0 Å². The number of rotatable bonds is 11. The Morgan fingerprint density at radius 3 is 2.32 bits per heavy atom. The van der Waals surface area contributed by atoms with Gasteiger partial charge < -0.3 is 15.7 Å². The predicted molar refractivity (Wildman–Crippen MR) is 93.0 cm³/mol. The van der Waals surface area contributed by atoms with Crippen molar-refractivity contribution in [1.82, 2.24) is 10.6 Å². The molecule has 0 heterocycles. The lowest BCUT2D eigenvalue weighted by molar-refractivity contribution is -0.138. The third-order valence-electron chi connectivity index (χ3n) is 2.80. The monoisotopic (exact) mass is 444 g/mol. The smallest absolute Gasteiger partial charge is 0.303 e. The van der Waals surface area contributed by atoms with Crippen molar-refractivity contribution in [2.45, 2.75) is 32.2 Å². The number of hydrogen-bond donors (Lipinski definition) is 3. The van der Waals surface area contributed by atoms with E-state index in [9.17, 15) is 19.2 Å². The van der Waals surface area contributed by atoms with E-state index in [1.54, 1.807) is 29.6 Å². The number of carboxylic acids is 1. The van der Waals surface area contributed by atoms with E-state index in [-0.39, 0.29) is 39.3 Å². The number of amides is 1. The Labute approximate surface area is 147 Å². The Bertz CT molecular complexity index is 419. The summed E-state index contributed by atoms with van der Waals surface area (Å²) in [5, 5.41) is 14.2. The third-order valence-corrected chi connectivity index (χ3v) is 4.46. The molecule has 7 nitrogen and oxygen atoms in total. The topological polar surface area (TPSA) is 113 Å². The standard InChI is InChI=1S/C13H21IN2O5S/c1-8(17)22-7-10(13(14)21)16-11(18)5-9(3-4-15-2)6-12(19)20/h9-10,15H,3-7H2,1-2H3,(H,16,18)(H,19,20)/t9?,10-/m0/s1. The van der Waals surface area contributed by atoms with Crippen LogP contribution in [0.3, 0.4) is 0 Å². The van der Waals surface area contributed by atoms with Crippen molar-refractivity contribution in [3.8, 4) is 0 Å². The van der Waals surface area contributed by atoms with E-state index in [4.69, 9.17) is 5.11 Å². The summed E-state index contributed by atoms with van der Waals surface area (Å²) in [5.41, 5.74) is 0. The Kier molecular flexibility index (Phi) is 11.5. The minimum Gasteiger partial charge on any atom is -0.481 e. The molecular formula is C13H21IN2O5S. The maximum atomic E-state index is 12.0. The van der Waals surface area contributed by atoms with Crippen molar-refractivity contribution < 1.29 is 24.3 Å². The SMILES string of the molecule is CNCCC(CC(=O)O)CC(=O)N[C@@H](CSC(C)=O)C(=O)I. The quantitative estimate of drug-likeness (QED) is 0.319. The van der Waals surface area contributed by atoms with Gasteiger partial charge in [-0.3, -0.25) is 19.2 Å². The Hall–Kier alpha value is -0.680. The first kappa shape index (κ1) is 21.3. The van der Waals surface area contributed by atoms with Gasteiger partial charge in [0.15, 0.2) is 5.12 Å². The molecule has 0 saturated carbocycles. The number of carbonyl (C=O) groups is 4. The zero-order chi connectivity index (χ0) is 17.1. The fourth-order valence-corrected chi connectivity index (χ4v) is 3.06. The third kappa shape index (κ3) is 11.0. The largest absolute Gasteiger partial charge is 0.481 e. The minimum absolute atomic E-state index is 0.0408. The summed E-state index contributed by atoms with van der Waals surface area (Å²) < 4.78 is -0.260. The molecule has 0 aromatic rings.